The molecule has 1 saturated heterocycles. The fraction of sp³-hybridized carbons (Fsp3) is 0.452. The Morgan fingerprint density at radius 1 is 0.909 bits per heavy atom. The smallest absolute Gasteiger partial charge is 0.308 e. The van der Waals surface area contributed by atoms with Gasteiger partial charge in [0, 0.05) is 25.8 Å². The lowest BCUT2D eigenvalue weighted by Crippen LogP contribution is -2.58. The molecule has 0 unspecified atom stereocenters. The fourth-order valence-corrected chi connectivity index (χ4v) is 5.35. The first kappa shape index (κ1) is 32.7. The van der Waals surface area contributed by atoms with Crippen LogP contribution in [0.5, 0.6) is 5.75 Å². The molecule has 2 aliphatic heterocycles. The lowest BCUT2D eigenvalue weighted by molar-refractivity contribution is -0.250. The third-order valence-electron chi connectivity index (χ3n) is 7.13. The molecule has 1 N–H and O–H groups in total. The van der Waals surface area contributed by atoms with E-state index >= 15 is 0 Å². The first-order chi connectivity index (χ1) is 20.7. The van der Waals surface area contributed by atoms with Gasteiger partial charge >= 0.3 is 23.9 Å². The zero-order valence-corrected chi connectivity index (χ0v) is 25.9. The molecule has 2 aromatic carbocycles. The Morgan fingerprint density at radius 2 is 1.55 bits per heavy atom. The van der Waals surface area contributed by atoms with Gasteiger partial charge in [-0.25, -0.2) is 0 Å². The summed E-state index contributed by atoms with van der Waals surface area (Å²) in [5.74, 6) is -2.57. The van der Waals surface area contributed by atoms with Crippen LogP contribution in [-0.4, -0.2) is 66.9 Å². The van der Waals surface area contributed by atoms with E-state index in [4.69, 9.17) is 40.0 Å². The molecule has 2 aromatic rings. The van der Waals surface area contributed by atoms with Crippen LogP contribution in [0.1, 0.15) is 63.8 Å². The quantitative estimate of drug-likeness (QED) is 0.334. The summed E-state index contributed by atoms with van der Waals surface area (Å²) < 4.78 is 33.5. The molecule has 0 saturated carbocycles. The van der Waals surface area contributed by atoms with Gasteiger partial charge in [-0.05, 0) is 55.2 Å². The minimum absolute atomic E-state index is 0.274. The molecular formula is C31H34ClNO11. The van der Waals surface area contributed by atoms with Gasteiger partial charge in [-0.2, -0.15) is 0 Å². The van der Waals surface area contributed by atoms with Crippen molar-refractivity contribution in [2.75, 3.05) is 12.4 Å². The van der Waals surface area contributed by atoms with Gasteiger partial charge in [0.1, 0.15) is 18.0 Å². The molecule has 5 atom stereocenters. The second-order valence-electron chi connectivity index (χ2n) is 11.0. The van der Waals surface area contributed by atoms with E-state index in [9.17, 15) is 24.0 Å². The lowest BCUT2D eigenvalue weighted by atomic mass is 9.88. The van der Waals surface area contributed by atoms with E-state index in [1.807, 2.05) is 6.07 Å². The van der Waals surface area contributed by atoms with Gasteiger partial charge in [-0.15, -0.1) is 0 Å². The Morgan fingerprint density at radius 3 is 2.18 bits per heavy atom. The first-order valence-electron chi connectivity index (χ1n) is 13.8. The van der Waals surface area contributed by atoms with E-state index in [0.717, 1.165) is 19.4 Å². The van der Waals surface area contributed by atoms with Crippen LogP contribution in [0.25, 0.3) is 0 Å². The minimum Gasteiger partial charge on any atom is -0.476 e. The van der Waals surface area contributed by atoms with E-state index in [1.54, 1.807) is 44.2 Å². The standard InChI is InChI=1S/C31H34ClNO11/c1-15(34)40-27-24(14-25(37)39-6)43-26(28(41-16(2)35)29(27)42-17(3)36)19-8-9-21(32)20(13-19)11-18-7-10-23-22(12-18)33-30(38)31(4,5)44-23/h7-10,12-13,24,26-29H,11,14H2,1-6H3,(H,33,38)/t24-,26+,27-,28+,29-/m1/s1. The number of amides is 1. The number of hydrogen-bond donors (Lipinski definition) is 1. The lowest BCUT2D eigenvalue weighted by Gasteiger charge is -2.44. The van der Waals surface area contributed by atoms with Gasteiger partial charge in [0.2, 0.25) is 0 Å². The maximum atomic E-state index is 12.4. The largest absolute Gasteiger partial charge is 0.476 e. The highest BCUT2D eigenvalue weighted by molar-refractivity contribution is 6.31. The molecule has 0 radical (unpaired) electrons. The summed E-state index contributed by atoms with van der Waals surface area (Å²) in [7, 11) is 1.19. The van der Waals surface area contributed by atoms with Crippen molar-refractivity contribution in [3.63, 3.8) is 0 Å². The van der Waals surface area contributed by atoms with Crippen LogP contribution in [0, 0.1) is 0 Å². The number of carbonyl (C=O) groups excluding carboxylic acids is 5. The van der Waals surface area contributed by atoms with Crippen molar-refractivity contribution in [3.05, 3.63) is 58.1 Å². The van der Waals surface area contributed by atoms with E-state index < -0.39 is 60.0 Å². The Labute approximate surface area is 259 Å². The monoisotopic (exact) mass is 631 g/mol. The van der Waals surface area contributed by atoms with E-state index in [2.05, 4.69) is 5.32 Å². The molecule has 44 heavy (non-hydrogen) atoms. The van der Waals surface area contributed by atoms with Crippen LogP contribution >= 0.6 is 11.6 Å². The number of fused-ring (bicyclic) bond motifs is 1. The van der Waals surface area contributed by atoms with Gasteiger partial charge in [0.15, 0.2) is 23.9 Å². The third-order valence-corrected chi connectivity index (χ3v) is 7.50. The molecule has 1 fully saturated rings. The minimum atomic E-state index is -1.32. The van der Waals surface area contributed by atoms with Crippen molar-refractivity contribution in [1.82, 2.24) is 0 Å². The number of nitrogens with one attached hydrogen (secondary N) is 1. The van der Waals surface area contributed by atoms with Crippen molar-refractivity contribution < 1.29 is 52.4 Å². The van der Waals surface area contributed by atoms with Crippen LogP contribution in [0.15, 0.2) is 36.4 Å². The SMILES string of the molecule is COC(=O)C[C@H]1O[C@@H](c2ccc(Cl)c(Cc3ccc4c(c3)NC(=O)C(C)(C)O4)c2)[C@H](OC(C)=O)[C@H](OC(C)=O)[C@@H]1OC(C)=O. The van der Waals surface area contributed by atoms with E-state index in [1.165, 1.54) is 14.0 Å². The highest BCUT2D eigenvalue weighted by Gasteiger charge is 2.52. The number of hydrogen-bond acceptors (Lipinski definition) is 11. The van der Waals surface area contributed by atoms with Gasteiger partial charge in [-0.1, -0.05) is 29.8 Å². The molecule has 236 valence electrons. The molecule has 2 aliphatic rings. The molecule has 2 heterocycles. The summed E-state index contributed by atoms with van der Waals surface area (Å²) in [5, 5.41) is 3.28. The van der Waals surface area contributed by atoms with Crippen molar-refractivity contribution in [1.29, 1.82) is 0 Å². The van der Waals surface area contributed by atoms with E-state index in [0.29, 0.717) is 34.0 Å². The predicted octanol–water partition coefficient (Wildman–Crippen LogP) is 3.84. The Kier molecular flexibility index (Phi) is 9.85. The molecule has 0 spiro atoms. The predicted molar refractivity (Wildman–Crippen MR) is 155 cm³/mol. The number of esters is 4. The van der Waals surface area contributed by atoms with Crippen molar-refractivity contribution in [2.24, 2.45) is 0 Å². The molecular weight excluding hydrogens is 598 g/mol. The number of benzene rings is 2. The molecule has 0 aromatic heterocycles. The average Bonchev–Trinajstić information content (AvgIpc) is 2.93. The summed E-state index contributed by atoms with van der Waals surface area (Å²) in [6.07, 6.45) is -6.08. The van der Waals surface area contributed by atoms with Crippen LogP contribution in [-0.2, 0) is 54.1 Å². The van der Waals surface area contributed by atoms with Crippen LogP contribution < -0.4 is 10.1 Å². The highest BCUT2D eigenvalue weighted by Crippen LogP contribution is 2.40. The second-order valence-corrected chi connectivity index (χ2v) is 11.4. The summed E-state index contributed by atoms with van der Waals surface area (Å²) >= 11 is 6.60. The fourth-order valence-electron chi connectivity index (χ4n) is 5.17. The summed E-state index contributed by atoms with van der Waals surface area (Å²) in [6, 6.07) is 10.4. The number of rotatable bonds is 8. The van der Waals surface area contributed by atoms with Crippen LogP contribution in [0.3, 0.4) is 0 Å². The van der Waals surface area contributed by atoms with E-state index in [-0.39, 0.29) is 12.3 Å². The highest BCUT2D eigenvalue weighted by atomic mass is 35.5. The zero-order chi connectivity index (χ0) is 32.3. The van der Waals surface area contributed by atoms with Crippen molar-refractivity contribution >= 4 is 47.1 Å². The Balaban J connectivity index is 1.73. The molecule has 12 nitrogen and oxygen atoms in total. The van der Waals surface area contributed by atoms with Crippen LogP contribution in [0.4, 0.5) is 5.69 Å². The maximum absolute atomic E-state index is 12.4. The number of anilines is 1. The Hall–Kier alpha value is -4.16. The van der Waals surface area contributed by atoms with Crippen molar-refractivity contribution in [3.8, 4) is 5.75 Å². The topological polar surface area (TPSA) is 153 Å². The van der Waals surface area contributed by atoms with Crippen LogP contribution in [0.2, 0.25) is 5.02 Å². The average molecular weight is 632 g/mol. The number of carbonyl (C=O) groups is 5. The van der Waals surface area contributed by atoms with Gasteiger partial charge in [0.25, 0.3) is 5.91 Å². The van der Waals surface area contributed by atoms with Gasteiger partial charge < -0.3 is 33.7 Å². The molecule has 0 bridgehead atoms. The number of ether oxygens (including phenoxy) is 6. The third kappa shape index (κ3) is 7.48. The van der Waals surface area contributed by atoms with Gasteiger partial charge in [0.05, 0.1) is 19.2 Å². The van der Waals surface area contributed by atoms with Crippen molar-refractivity contribution in [2.45, 2.75) is 83.6 Å². The maximum Gasteiger partial charge on any atom is 0.308 e. The molecule has 1 amide bonds. The molecule has 0 aliphatic carbocycles. The number of halogens is 1. The first-order valence-corrected chi connectivity index (χ1v) is 14.2. The number of methoxy groups -OCH3 is 1. The Bertz CT molecular complexity index is 1470. The zero-order valence-electron chi connectivity index (χ0n) is 25.1. The second kappa shape index (κ2) is 13.2. The summed E-state index contributed by atoms with van der Waals surface area (Å²) in [4.78, 5) is 61.2. The molecule has 4 rings (SSSR count). The normalized spacial score (nSPS) is 23.7. The summed E-state index contributed by atoms with van der Waals surface area (Å²) in [6.45, 7) is 6.84. The molecule has 13 heteroatoms. The summed E-state index contributed by atoms with van der Waals surface area (Å²) in [5.41, 5.74) is 1.47. The van der Waals surface area contributed by atoms with Gasteiger partial charge in [-0.3, -0.25) is 24.0 Å².